The SMILES string of the molecule is CC(C)(C)OC(=O)Nc1nc2c(C3Cc4nc(O)nc(O)c4CO3)cccc2s1. The van der Waals surface area contributed by atoms with E-state index >= 15 is 0 Å². The zero-order valence-corrected chi connectivity index (χ0v) is 16.9. The number of fused-ring (bicyclic) bond motifs is 2. The van der Waals surface area contributed by atoms with Crippen LogP contribution in [0.4, 0.5) is 9.93 Å². The third kappa shape index (κ3) is 4.08. The van der Waals surface area contributed by atoms with Crippen LogP contribution in [0.1, 0.15) is 43.7 Å². The Morgan fingerprint density at radius 2 is 2.07 bits per heavy atom. The first-order valence-electron chi connectivity index (χ1n) is 8.98. The first kappa shape index (κ1) is 19.3. The van der Waals surface area contributed by atoms with Gasteiger partial charge in [-0.15, -0.1) is 0 Å². The van der Waals surface area contributed by atoms with Gasteiger partial charge in [0.25, 0.3) is 0 Å². The Hall–Kier alpha value is -2.98. The summed E-state index contributed by atoms with van der Waals surface area (Å²) in [7, 11) is 0. The maximum absolute atomic E-state index is 12.0. The lowest BCUT2D eigenvalue weighted by molar-refractivity contribution is 0.0247. The van der Waals surface area contributed by atoms with Gasteiger partial charge < -0.3 is 19.7 Å². The van der Waals surface area contributed by atoms with Gasteiger partial charge in [-0.2, -0.15) is 9.97 Å². The number of hydrogen-bond acceptors (Lipinski definition) is 9. The summed E-state index contributed by atoms with van der Waals surface area (Å²) in [6, 6.07) is 5.22. The van der Waals surface area contributed by atoms with E-state index in [9.17, 15) is 15.0 Å². The van der Waals surface area contributed by atoms with E-state index in [0.29, 0.717) is 28.3 Å². The number of aromatic nitrogens is 3. The number of nitrogens with one attached hydrogen (secondary N) is 1. The van der Waals surface area contributed by atoms with Gasteiger partial charge in [-0.05, 0) is 26.8 Å². The van der Waals surface area contributed by atoms with Gasteiger partial charge >= 0.3 is 12.1 Å². The van der Waals surface area contributed by atoms with E-state index in [0.717, 1.165) is 10.3 Å². The van der Waals surface area contributed by atoms with Crippen LogP contribution >= 0.6 is 11.3 Å². The Labute approximate surface area is 170 Å². The maximum Gasteiger partial charge on any atom is 0.413 e. The minimum atomic E-state index is -0.603. The number of benzene rings is 1. The fourth-order valence-electron chi connectivity index (χ4n) is 3.11. The third-order valence-corrected chi connectivity index (χ3v) is 5.21. The van der Waals surface area contributed by atoms with Crippen molar-refractivity contribution >= 4 is 32.8 Å². The van der Waals surface area contributed by atoms with Crippen LogP contribution in [0.15, 0.2) is 18.2 Å². The maximum atomic E-state index is 12.0. The van der Waals surface area contributed by atoms with E-state index < -0.39 is 17.7 Å². The zero-order chi connectivity index (χ0) is 20.8. The van der Waals surface area contributed by atoms with Crippen LogP contribution < -0.4 is 5.32 Å². The molecule has 0 bridgehead atoms. The second-order valence-corrected chi connectivity index (χ2v) is 8.65. The molecule has 1 unspecified atom stereocenters. The van der Waals surface area contributed by atoms with E-state index in [1.165, 1.54) is 11.3 Å². The van der Waals surface area contributed by atoms with Crippen LogP contribution in [0.25, 0.3) is 10.2 Å². The molecule has 2 aromatic heterocycles. The number of carbonyl (C=O) groups is 1. The van der Waals surface area contributed by atoms with Crippen LogP contribution in [-0.4, -0.2) is 36.9 Å². The highest BCUT2D eigenvalue weighted by Crippen LogP contribution is 2.38. The lowest BCUT2D eigenvalue weighted by Gasteiger charge is -2.25. The zero-order valence-electron chi connectivity index (χ0n) is 16.1. The first-order chi connectivity index (χ1) is 13.7. The van der Waals surface area contributed by atoms with E-state index in [4.69, 9.17) is 9.47 Å². The summed E-state index contributed by atoms with van der Waals surface area (Å²) < 4.78 is 12.1. The van der Waals surface area contributed by atoms with E-state index in [2.05, 4.69) is 20.3 Å². The number of anilines is 1. The highest BCUT2D eigenvalue weighted by Gasteiger charge is 2.28. The lowest BCUT2D eigenvalue weighted by Crippen LogP contribution is -2.27. The number of hydrogen-bond donors (Lipinski definition) is 3. The molecule has 0 saturated heterocycles. The quantitative estimate of drug-likeness (QED) is 0.578. The van der Waals surface area contributed by atoms with Crippen molar-refractivity contribution in [2.75, 3.05) is 5.32 Å². The monoisotopic (exact) mass is 416 g/mol. The Morgan fingerprint density at radius 1 is 1.28 bits per heavy atom. The number of carbonyl (C=O) groups excluding carboxylic acids is 1. The fraction of sp³-hybridized carbons (Fsp3) is 0.368. The number of amides is 1. The van der Waals surface area contributed by atoms with Crippen molar-refractivity contribution in [3.8, 4) is 11.9 Å². The van der Waals surface area contributed by atoms with Gasteiger partial charge in [0, 0.05) is 12.0 Å². The second kappa shape index (κ2) is 7.12. The smallest absolute Gasteiger partial charge is 0.413 e. The van der Waals surface area contributed by atoms with Gasteiger partial charge in [0.15, 0.2) is 5.13 Å². The summed E-state index contributed by atoms with van der Waals surface area (Å²) in [5.74, 6) is -0.276. The van der Waals surface area contributed by atoms with Crippen molar-refractivity contribution in [1.82, 2.24) is 15.0 Å². The fourth-order valence-corrected chi connectivity index (χ4v) is 4.00. The van der Waals surface area contributed by atoms with Crippen molar-refractivity contribution in [2.24, 2.45) is 0 Å². The van der Waals surface area contributed by atoms with Crippen LogP contribution in [0.3, 0.4) is 0 Å². The Bertz CT molecular complexity index is 1090. The van der Waals surface area contributed by atoms with Crippen LogP contribution in [0.5, 0.6) is 11.9 Å². The average molecular weight is 416 g/mol. The Kier molecular flexibility index (Phi) is 4.75. The molecule has 1 aromatic carbocycles. The molecule has 0 spiro atoms. The van der Waals surface area contributed by atoms with Crippen molar-refractivity contribution in [3.63, 3.8) is 0 Å². The molecule has 3 N–H and O–H groups in total. The van der Waals surface area contributed by atoms with Crippen molar-refractivity contribution in [3.05, 3.63) is 35.0 Å². The molecule has 29 heavy (non-hydrogen) atoms. The van der Waals surface area contributed by atoms with Gasteiger partial charge in [-0.1, -0.05) is 23.5 Å². The highest BCUT2D eigenvalue weighted by molar-refractivity contribution is 7.22. The van der Waals surface area contributed by atoms with Gasteiger partial charge in [0.1, 0.15) is 5.60 Å². The number of thiazole rings is 1. The number of nitrogens with zero attached hydrogens (tertiary/aromatic N) is 3. The molecule has 0 fully saturated rings. The predicted molar refractivity (Wildman–Crippen MR) is 106 cm³/mol. The molecule has 1 atom stereocenters. The van der Waals surface area contributed by atoms with Crippen LogP contribution in [-0.2, 0) is 22.5 Å². The highest BCUT2D eigenvalue weighted by atomic mass is 32.1. The topological polar surface area (TPSA) is 127 Å². The molecule has 0 saturated carbocycles. The summed E-state index contributed by atoms with van der Waals surface area (Å²) >= 11 is 1.34. The standard InChI is InChI=1S/C19H20N4O5S/c1-19(2,3)28-18(26)23-17-21-14-9(5-4-6-13(14)29-17)12-7-11-10(8-27-12)15(24)22-16(25)20-11/h4-6,12H,7-8H2,1-3H3,(H,21,23,26)(H2,20,22,24,25). The Morgan fingerprint density at radius 3 is 2.83 bits per heavy atom. The molecule has 3 heterocycles. The molecular weight excluding hydrogens is 396 g/mol. The normalized spacial score (nSPS) is 16.4. The number of ether oxygens (including phenoxy) is 2. The summed E-state index contributed by atoms with van der Waals surface area (Å²) in [4.78, 5) is 24.2. The van der Waals surface area contributed by atoms with Gasteiger partial charge in [0.05, 0.1) is 34.2 Å². The summed E-state index contributed by atoms with van der Waals surface area (Å²) in [6.07, 6.45) is -0.579. The van der Waals surface area contributed by atoms with Gasteiger partial charge in [-0.25, -0.2) is 9.78 Å². The molecule has 1 aliphatic rings. The van der Waals surface area contributed by atoms with E-state index in [-0.39, 0.29) is 18.6 Å². The summed E-state index contributed by atoms with van der Waals surface area (Å²) in [6.45, 7) is 5.50. The molecular formula is C19H20N4O5S. The van der Waals surface area contributed by atoms with E-state index in [1.807, 2.05) is 18.2 Å². The lowest BCUT2D eigenvalue weighted by atomic mass is 9.99. The number of para-hydroxylation sites is 1. The summed E-state index contributed by atoms with van der Waals surface area (Å²) in [5.41, 5.74) is 1.94. The minimum Gasteiger partial charge on any atom is -0.493 e. The average Bonchev–Trinajstić information content (AvgIpc) is 3.01. The molecule has 1 amide bonds. The summed E-state index contributed by atoms with van der Waals surface area (Å²) in [5, 5.41) is 22.6. The van der Waals surface area contributed by atoms with Gasteiger partial charge in [0.2, 0.25) is 5.88 Å². The molecule has 1 aliphatic heterocycles. The number of aromatic hydroxyl groups is 2. The molecule has 4 rings (SSSR count). The molecule has 152 valence electrons. The first-order valence-corrected chi connectivity index (χ1v) is 9.80. The van der Waals surface area contributed by atoms with Gasteiger partial charge in [-0.3, -0.25) is 5.32 Å². The van der Waals surface area contributed by atoms with Crippen molar-refractivity contribution in [1.29, 1.82) is 0 Å². The van der Waals surface area contributed by atoms with E-state index in [1.54, 1.807) is 20.8 Å². The second-order valence-electron chi connectivity index (χ2n) is 7.62. The van der Waals surface area contributed by atoms with Crippen LogP contribution in [0, 0.1) is 0 Å². The molecule has 0 radical (unpaired) electrons. The molecule has 9 nitrogen and oxygen atoms in total. The predicted octanol–water partition coefficient (Wildman–Crippen LogP) is 3.66. The minimum absolute atomic E-state index is 0.121. The Balaban J connectivity index is 1.62. The molecule has 3 aromatic rings. The molecule has 10 heteroatoms. The van der Waals surface area contributed by atoms with Crippen molar-refractivity contribution < 1.29 is 24.5 Å². The van der Waals surface area contributed by atoms with Crippen molar-refractivity contribution in [2.45, 2.75) is 45.5 Å². The largest absolute Gasteiger partial charge is 0.493 e. The molecule has 0 aliphatic carbocycles. The number of rotatable bonds is 2. The third-order valence-electron chi connectivity index (χ3n) is 4.27. The van der Waals surface area contributed by atoms with Crippen LogP contribution in [0.2, 0.25) is 0 Å².